The van der Waals surface area contributed by atoms with E-state index in [0.29, 0.717) is 6.61 Å². The van der Waals surface area contributed by atoms with Gasteiger partial charge in [0.25, 0.3) is 0 Å². The molecule has 0 fully saturated rings. The predicted molar refractivity (Wildman–Crippen MR) is 51.4 cm³/mol. The standard InChI is InChI=1S/C10H17O4/c1-9(11)5-6-10(12)14-8-4-3-7-13-2/h7H,3-6,8H2,1-2H3. The zero-order valence-electron chi connectivity index (χ0n) is 8.75. The molecule has 81 valence electrons. The van der Waals surface area contributed by atoms with E-state index in [2.05, 4.69) is 0 Å². The molecule has 0 aliphatic heterocycles. The summed E-state index contributed by atoms with van der Waals surface area (Å²) in [6.07, 6.45) is 1.96. The number of ether oxygens (including phenoxy) is 2. The van der Waals surface area contributed by atoms with Crippen LogP contribution in [0.2, 0.25) is 0 Å². The molecule has 0 bridgehead atoms. The topological polar surface area (TPSA) is 52.6 Å². The van der Waals surface area contributed by atoms with Crippen LogP contribution in [0.4, 0.5) is 0 Å². The summed E-state index contributed by atoms with van der Waals surface area (Å²) in [7, 11) is 1.58. The second-order valence-corrected chi connectivity index (χ2v) is 2.97. The predicted octanol–water partition coefficient (Wildman–Crippen LogP) is 1.49. The largest absolute Gasteiger partial charge is 0.466 e. The van der Waals surface area contributed by atoms with Gasteiger partial charge >= 0.3 is 5.97 Å². The van der Waals surface area contributed by atoms with Crippen LogP contribution in [0.5, 0.6) is 0 Å². The zero-order valence-corrected chi connectivity index (χ0v) is 8.75. The first kappa shape index (κ1) is 13.1. The number of carbonyl (C=O) groups excluding carboxylic acids is 2. The third-order valence-electron chi connectivity index (χ3n) is 1.58. The zero-order chi connectivity index (χ0) is 10.8. The van der Waals surface area contributed by atoms with Gasteiger partial charge in [-0.1, -0.05) is 0 Å². The van der Waals surface area contributed by atoms with Gasteiger partial charge in [-0.15, -0.1) is 0 Å². The summed E-state index contributed by atoms with van der Waals surface area (Å²) >= 11 is 0. The van der Waals surface area contributed by atoms with E-state index in [1.807, 2.05) is 0 Å². The highest BCUT2D eigenvalue weighted by Crippen LogP contribution is 1.98. The first-order valence-electron chi connectivity index (χ1n) is 4.66. The summed E-state index contributed by atoms with van der Waals surface area (Å²) in [5.74, 6) is -0.299. The lowest BCUT2D eigenvalue weighted by Gasteiger charge is -2.03. The molecule has 0 spiro atoms. The minimum atomic E-state index is -0.308. The number of methoxy groups -OCH3 is 1. The molecule has 0 saturated carbocycles. The van der Waals surface area contributed by atoms with E-state index in [1.165, 1.54) is 6.92 Å². The van der Waals surface area contributed by atoms with E-state index in [0.717, 1.165) is 12.8 Å². The van der Waals surface area contributed by atoms with Gasteiger partial charge in [-0.3, -0.25) is 4.79 Å². The summed E-state index contributed by atoms with van der Waals surface area (Å²) in [5, 5.41) is 0. The molecule has 0 amide bonds. The Bertz CT molecular complexity index is 177. The minimum Gasteiger partial charge on any atom is -0.466 e. The van der Waals surface area contributed by atoms with Crippen LogP contribution in [0, 0.1) is 6.61 Å². The third-order valence-corrected chi connectivity index (χ3v) is 1.58. The molecular formula is C10H17O4. The summed E-state index contributed by atoms with van der Waals surface area (Å²) in [6.45, 7) is 3.50. The fraction of sp³-hybridized carbons (Fsp3) is 0.700. The molecular weight excluding hydrogens is 184 g/mol. The summed E-state index contributed by atoms with van der Waals surface area (Å²) < 4.78 is 9.59. The van der Waals surface area contributed by atoms with Gasteiger partial charge in [-0.2, -0.15) is 0 Å². The van der Waals surface area contributed by atoms with Gasteiger partial charge in [0.1, 0.15) is 5.78 Å². The number of hydrogen-bond donors (Lipinski definition) is 0. The van der Waals surface area contributed by atoms with Crippen molar-refractivity contribution >= 4 is 11.8 Å². The number of ketones is 1. The highest BCUT2D eigenvalue weighted by molar-refractivity contribution is 5.80. The molecule has 0 aromatic rings. The monoisotopic (exact) mass is 201 g/mol. The van der Waals surface area contributed by atoms with Crippen LogP contribution >= 0.6 is 0 Å². The molecule has 0 aromatic carbocycles. The highest BCUT2D eigenvalue weighted by atomic mass is 16.5. The fourth-order valence-electron chi connectivity index (χ4n) is 0.821. The quantitative estimate of drug-likeness (QED) is 0.441. The van der Waals surface area contributed by atoms with E-state index < -0.39 is 0 Å². The maximum Gasteiger partial charge on any atom is 0.306 e. The molecule has 0 aromatic heterocycles. The van der Waals surface area contributed by atoms with Gasteiger partial charge in [-0.05, 0) is 19.8 Å². The molecule has 0 heterocycles. The Morgan fingerprint density at radius 1 is 1.29 bits per heavy atom. The van der Waals surface area contributed by atoms with Crippen LogP contribution in [0.25, 0.3) is 0 Å². The molecule has 0 rings (SSSR count). The van der Waals surface area contributed by atoms with Crippen molar-refractivity contribution in [2.75, 3.05) is 13.7 Å². The molecule has 0 unspecified atom stereocenters. The molecule has 0 N–H and O–H groups in total. The van der Waals surface area contributed by atoms with E-state index in [1.54, 1.807) is 13.7 Å². The Morgan fingerprint density at radius 3 is 2.57 bits per heavy atom. The average molecular weight is 201 g/mol. The van der Waals surface area contributed by atoms with Crippen LogP contribution in [0.1, 0.15) is 32.6 Å². The number of unbranched alkanes of at least 4 members (excludes halogenated alkanes) is 1. The fourth-order valence-corrected chi connectivity index (χ4v) is 0.821. The molecule has 0 aliphatic rings. The van der Waals surface area contributed by atoms with Crippen molar-refractivity contribution in [2.24, 2.45) is 0 Å². The van der Waals surface area contributed by atoms with Gasteiger partial charge in [0.15, 0.2) is 0 Å². The normalized spacial score (nSPS) is 9.86. The first-order valence-corrected chi connectivity index (χ1v) is 4.66. The van der Waals surface area contributed by atoms with Crippen molar-refractivity contribution < 1.29 is 19.1 Å². The van der Waals surface area contributed by atoms with Crippen LogP contribution in [0.15, 0.2) is 0 Å². The smallest absolute Gasteiger partial charge is 0.306 e. The number of hydrogen-bond acceptors (Lipinski definition) is 4. The van der Waals surface area contributed by atoms with Gasteiger partial charge in [0.2, 0.25) is 0 Å². The third kappa shape index (κ3) is 9.19. The van der Waals surface area contributed by atoms with E-state index in [9.17, 15) is 9.59 Å². The maximum absolute atomic E-state index is 11.0. The van der Waals surface area contributed by atoms with Gasteiger partial charge in [0, 0.05) is 13.5 Å². The molecule has 4 heteroatoms. The summed E-state index contributed by atoms with van der Waals surface area (Å²) in [4.78, 5) is 21.5. The van der Waals surface area contributed by atoms with Gasteiger partial charge < -0.3 is 14.3 Å². The summed E-state index contributed by atoms with van der Waals surface area (Å²) in [6, 6.07) is 0. The van der Waals surface area contributed by atoms with Gasteiger partial charge in [0.05, 0.1) is 19.6 Å². The number of carbonyl (C=O) groups is 2. The van der Waals surface area contributed by atoms with Crippen molar-refractivity contribution in [3.05, 3.63) is 6.61 Å². The molecule has 0 saturated heterocycles. The van der Waals surface area contributed by atoms with E-state index in [4.69, 9.17) is 9.47 Å². The van der Waals surface area contributed by atoms with Crippen molar-refractivity contribution in [3.8, 4) is 0 Å². The average Bonchev–Trinajstić information content (AvgIpc) is 2.14. The van der Waals surface area contributed by atoms with Crippen molar-refractivity contribution in [1.82, 2.24) is 0 Å². The van der Waals surface area contributed by atoms with Crippen molar-refractivity contribution in [3.63, 3.8) is 0 Å². The molecule has 1 radical (unpaired) electrons. The van der Waals surface area contributed by atoms with Crippen LogP contribution in [0.3, 0.4) is 0 Å². The van der Waals surface area contributed by atoms with Crippen molar-refractivity contribution in [2.45, 2.75) is 32.6 Å². The Balaban J connectivity index is 3.22. The lowest BCUT2D eigenvalue weighted by molar-refractivity contribution is -0.144. The maximum atomic E-state index is 11.0. The summed E-state index contributed by atoms with van der Waals surface area (Å²) in [5.41, 5.74) is 0. The van der Waals surface area contributed by atoms with Crippen molar-refractivity contribution in [1.29, 1.82) is 0 Å². The molecule has 14 heavy (non-hydrogen) atoms. The Hall–Kier alpha value is -0.900. The van der Waals surface area contributed by atoms with Crippen LogP contribution < -0.4 is 0 Å². The van der Waals surface area contributed by atoms with Crippen LogP contribution in [-0.2, 0) is 19.1 Å². The highest BCUT2D eigenvalue weighted by Gasteiger charge is 2.03. The van der Waals surface area contributed by atoms with E-state index in [-0.39, 0.29) is 24.6 Å². The molecule has 4 nitrogen and oxygen atoms in total. The number of Topliss-reactive ketones (excluding diaryl/α,β-unsaturated/α-hetero) is 1. The Labute approximate surface area is 84.6 Å². The SMILES string of the molecule is CO[CH]CCCOC(=O)CCC(C)=O. The van der Waals surface area contributed by atoms with Crippen LogP contribution in [-0.4, -0.2) is 25.5 Å². The lowest BCUT2D eigenvalue weighted by atomic mass is 10.2. The second-order valence-electron chi connectivity index (χ2n) is 2.97. The Kier molecular flexibility index (Phi) is 8.13. The minimum absolute atomic E-state index is 0.00895. The molecule has 0 atom stereocenters. The van der Waals surface area contributed by atoms with E-state index >= 15 is 0 Å². The number of rotatable bonds is 8. The second kappa shape index (κ2) is 8.69. The first-order chi connectivity index (χ1) is 6.66. The van der Waals surface area contributed by atoms with Gasteiger partial charge in [-0.25, -0.2) is 0 Å². The molecule has 0 aliphatic carbocycles. The lowest BCUT2D eigenvalue weighted by Crippen LogP contribution is -2.07. The number of esters is 1. The Morgan fingerprint density at radius 2 is 2.00 bits per heavy atom.